The number of hydrogen-bond acceptors (Lipinski definition) is 1. The topological polar surface area (TPSA) is 20.3 Å². The van der Waals surface area contributed by atoms with E-state index < -0.39 is 0 Å². The van der Waals surface area contributed by atoms with Gasteiger partial charge in [-0.3, -0.25) is 4.79 Å². The van der Waals surface area contributed by atoms with Gasteiger partial charge in [-0.05, 0) is 31.6 Å². The van der Waals surface area contributed by atoms with Gasteiger partial charge in [-0.2, -0.15) is 0 Å². The molecule has 1 rings (SSSR count). The summed E-state index contributed by atoms with van der Waals surface area (Å²) in [5.41, 5.74) is 0. The average Bonchev–Trinajstić information content (AvgIpc) is 2.25. The van der Waals surface area contributed by atoms with Gasteiger partial charge >= 0.3 is 0 Å². The smallest absolute Gasteiger partial charge is 0.298 e. The average molecular weight is 193 g/mol. The first-order chi connectivity index (χ1) is 6.84. The van der Waals surface area contributed by atoms with Crippen LogP contribution in [0.25, 0.3) is 0 Å². The van der Waals surface area contributed by atoms with Crippen LogP contribution in [-0.4, -0.2) is 23.9 Å². The summed E-state index contributed by atoms with van der Waals surface area (Å²) in [6.07, 6.45) is 6.64. The Kier molecular flexibility index (Phi) is 5.14. The SMILES string of the molecule is CCCCC#CC(=O)N1CCCCC1. The van der Waals surface area contributed by atoms with Crippen molar-refractivity contribution in [1.29, 1.82) is 0 Å². The molecule has 2 heteroatoms. The van der Waals surface area contributed by atoms with Crippen molar-refractivity contribution in [2.24, 2.45) is 0 Å². The molecule has 0 unspecified atom stereocenters. The fraction of sp³-hybridized carbons (Fsp3) is 0.750. The van der Waals surface area contributed by atoms with Crippen LogP contribution >= 0.6 is 0 Å². The van der Waals surface area contributed by atoms with Crippen molar-refractivity contribution in [3.63, 3.8) is 0 Å². The number of amides is 1. The third kappa shape index (κ3) is 3.83. The minimum Gasteiger partial charge on any atom is -0.332 e. The third-order valence-corrected chi connectivity index (χ3v) is 2.49. The van der Waals surface area contributed by atoms with Crippen LogP contribution < -0.4 is 0 Å². The number of likely N-dealkylation sites (tertiary alicyclic amines) is 1. The van der Waals surface area contributed by atoms with Gasteiger partial charge in [-0.25, -0.2) is 0 Å². The molecule has 78 valence electrons. The molecule has 0 aliphatic carbocycles. The molecule has 2 nitrogen and oxygen atoms in total. The second kappa shape index (κ2) is 6.48. The molecule has 0 aromatic rings. The van der Waals surface area contributed by atoms with Crippen molar-refractivity contribution in [3.05, 3.63) is 0 Å². The molecule has 1 amide bonds. The lowest BCUT2D eigenvalue weighted by atomic mass is 10.1. The quantitative estimate of drug-likeness (QED) is 0.486. The predicted molar refractivity (Wildman–Crippen MR) is 57.7 cm³/mol. The highest BCUT2D eigenvalue weighted by Crippen LogP contribution is 2.08. The summed E-state index contributed by atoms with van der Waals surface area (Å²) in [6.45, 7) is 3.94. The Balaban J connectivity index is 2.27. The van der Waals surface area contributed by atoms with E-state index in [-0.39, 0.29) is 5.91 Å². The van der Waals surface area contributed by atoms with Crippen molar-refractivity contribution >= 4 is 5.91 Å². The van der Waals surface area contributed by atoms with Crippen LogP contribution in [0.15, 0.2) is 0 Å². The minimum absolute atomic E-state index is 0.0285. The van der Waals surface area contributed by atoms with E-state index in [0.29, 0.717) is 0 Å². The van der Waals surface area contributed by atoms with Crippen molar-refractivity contribution in [3.8, 4) is 11.8 Å². The normalized spacial score (nSPS) is 15.9. The zero-order chi connectivity index (χ0) is 10.2. The Labute approximate surface area is 86.7 Å². The molecule has 0 aromatic heterocycles. The molecule has 1 fully saturated rings. The van der Waals surface area contributed by atoms with Gasteiger partial charge in [0, 0.05) is 19.5 Å². The molecule has 0 bridgehead atoms. The number of nitrogens with zero attached hydrogens (tertiary/aromatic N) is 1. The molecule has 0 atom stereocenters. The Morgan fingerprint density at radius 3 is 2.64 bits per heavy atom. The van der Waals surface area contributed by atoms with Gasteiger partial charge in [0.25, 0.3) is 5.91 Å². The Morgan fingerprint density at radius 2 is 2.00 bits per heavy atom. The number of rotatable bonds is 2. The fourth-order valence-electron chi connectivity index (χ4n) is 1.58. The highest BCUT2D eigenvalue weighted by Gasteiger charge is 2.13. The van der Waals surface area contributed by atoms with Gasteiger partial charge in [-0.1, -0.05) is 19.3 Å². The maximum atomic E-state index is 11.5. The Hall–Kier alpha value is -0.970. The van der Waals surface area contributed by atoms with Crippen LogP contribution in [0.1, 0.15) is 45.4 Å². The molecule has 0 saturated carbocycles. The highest BCUT2D eigenvalue weighted by molar-refractivity contribution is 5.93. The van der Waals surface area contributed by atoms with E-state index in [0.717, 1.165) is 45.2 Å². The summed E-state index contributed by atoms with van der Waals surface area (Å²) >= 11 is 0. The molecule has 0 aromatic carbocycles. The standard InChI is InChI=1S/C12H19NO/c1-2-3-4-6-9-12(14)13-10-7-5-8-11-13/h2-5,7-8,10-11H2,1H3. The van der Waals surface area contributed by atoms with Crippen LogP contribution in [0.5, 0.6) is 0 Å². The lowest BCUT2D eigenvalue weighted by Crippen LogP contribution is -2.34. The van der Waals surface area contributed by atoms with Crippen LogP contribution in [0.3, 0.4) is 0 Å². The predicted octanol–water partition coefficient (Wildman–Crippen LogP) is 2.19. The maximum Gasteiger partial charge on any atom is 0.298 e. The Bertz CT molecular complexity index is 230. The first-order valence-corrected chi connectivity index (χ1v) is 5.62. The lowest BCUT2D eigenvalue weighted by Gasteiger charge is -2.24. The second-order valence-corrected chi connectivity index (χ2v) is 3.76. The van der Waals surface area contributed by atoms with Gasteiger partial charge in [0.2, 0.25) is 0 Å². The number of piperidine rings is 1. The number of unbranched alkanes of at least 4 members (excludes halogenated alkanes) is 2. The zero-order valence-corrected chi connectivity index (χ0v) is 9.01. The summed E-state index contributed by atoms with van der Waals surface area (Å²) in [6, 6.07) is 0. The summed E-state index contributed by atoms with van der Waals surface area (Å²) in [5, 5.41) is 0. The van der Waals surface area contributed by atoms with E-state index in [1.165, 1.54) is 6.42 Å². The van der Waals surface area contributed by atoms with E-state index in [2.05, 4.69) is 18.8 Å². The van der Waals surface area contributed by atoms with Crippen molar-refractivity contribution in [1.82, 2.24) is 4.90 Å². The van der Waals surface area contributed by atoms with Gasteiger partial charge in [-0.15, -0.1) is 0 Å². The van der Waals surface area contributed by atoms with E-state index >= 15 is 0 Å². The molecule has 1 saturated heterocycles. The largest absolute Gasteiger partial charge is 0.332 e. The molecule has 1 aliphatic rings. The second-order valence-electron chi connectivity index (χ2n) is 3.76. The molecular formula is C12H19NO. The summed E-state index contributed by atoms with van der Waals surface area (Å²) < 4.78 is 0. The van der Waals surface area contributed by atoms with E-state index in [4.69, 9.17) is 0 Å². The Morgan fingerprint density at radius 1 is 1.29 bits per heavy atom. The van der Waals surface area contributed by atoms with Crippen LogP contribution in [0, 0.1) is 11.8 Å². The van der Waals surface area contributed by atoms with Crippen LogP contribution in [0.4, 0.5) is 0 Å². The van der Waals surface area contributed by atoms with Crippen molar-refractivity contribution in [2.75, 3.05) is 13.1 Å². The maximum absolute atomic E-state index is 11.5. The molecule has 1 heterocycles. The molecule has 0 spiro atoms. The van der Waals surface area contributed by atoms with E-state index in [1.54, 1.807) is 0 Å². The number of carbonyl (C=O) groups is 1. The lowest BCUT2D eigenvalue weighted by molar-refractivity contribution is -0.125. The van der Waals surface area contributed by atoms with Crippen LogP contribution in [0.2, 0.25) is 0 Å². The van der Waals surface area contributed by atoms with E-state index in [9.17, 15) is 4.79 Å². The van der Waals surface area contributed by atoms with Crippen LogP contribution in [-0.2, 0) is 4.79 Å². The molecular weight excluding hydrogens is 174 g/mol. The molecule has 14 heavy (non-hydrogen) atoms. The molecule has 0 N–H and O–H groups in total. The van der Waals surface area contributed by atoms with Gasteiger partial charge < -0.3 is 4.90 Å². The summed E-state index contributed by atoms with van der Waals surface area (Å²) in [5.74, 6) is 5.69. The summed E-state index contributed by atoms with van der Waals surface area (Å²) in [7, 11) is 0. The number of hydrogen-bond donors (Lipinski definition) is 0. The van der Waals surface area contributed by atoms with E-state index in [1.807, 2.05) is 4.90 Å². The number of carbonyl (C=O) groups excluding carboxylic acids is 1. The summed E-state index contributed by atoms with van der Waals surface area (Å²) in [4.78, 5) is 13.4. The minimum atomic E-state index is 0.0285. The zero-order valence-electron chi connectivity index (χ0n) is 9.01. The molecule has 1 aliphatic heterocycles. The first-order valence-electron chi connectivity index (χ1n) is 5.62. The van der Waals surface area contributed by atoms with Gasteiger partial charge in [0.1, 0.15) is 0 Å². The van der Waals surface area contributed by atoms with Gasteiger partial charge in [0.05, 0.1) is 0 Å². The fourth-order valence-corrected chi connectivity index (χ4v) is 1.58. The van der Waals surface area contributed by atoms with Gasteiger partial charge in [0.15, 0.2) is 0 Å². The highest BCUT2D eigenvalue weighted by atomic mass is 16.2. The van der Waals surface area contributed by atoms with Crippen molar-refractivity contribution in [2.45, 2.75) is 45.4 Å². The monoisotopic (exact) mass is 193 g/mol. The molecule has 0 radical (unpaired) electrons. The first kappa shape index (κ1) is 11.1. The van der Waals surface area contributed by atoms with Crippen molar-refractivity contribution < 1.29 is 4.79 Å². The third-order valence-electron chi connectivity index (χ3n) is 2.49.